The van der Waals surface area contributed by atoms with Crippen LogP contribution in [0.3, 0.4) is 0 Å². The molecule has 6 nitrogen and oxygen atoms in total. The molecule has 1 fully saturated rings. The van der Waals surface area contributed by atoms with E-state index in [1.54, 1.807) is 6.92 Å². The highest BCUT2D eigenvalue weighted by Crippen LogP contribution is 2.37. The van der Waals surface area contributed by atoms with E-state index in [0.29, 0.717) is 36.4 Å². The largest absolute Gasteiger partial charge is 0.350 e. The van der Waals surface area contributed by atoms with Crippen molar-refractivity contribution in [3.05, 3.63) is 34.1 Å². The molecule has 0 aromatic carbocycles. The molecule has 1 aliphatic carbocycles. The van der Waals surface area contributed by atoms with Crippen LogP contribution in [0.2, 0.25) is 0 Å². The number of amides is 1. The smallest absolute Gasteiger partial charge is 0.267 e. The third kappa shape index (κ3) is 2.92. The second-order valence-electron chi connectivity index (χ2n) is 4.92. The molecular formula is C13H15BrN4O2. The number of carbonyl (C=O) groups is 1. The first-order valence-corrected chi connectivity index (χ1v) is 7.37. The molecule has 0 bridgehead atoms. The molecule has 0 radical (unpaired) electrons. The molecule has 7 heteroatoms. The van der Waals surface area contributed by atoms with E-state index >= 15 is 0 Å². The van der Waals surface area contributed by atoms with Gasteiger partial charge in [0.15, 0.2) is 5.82 Å². The summed E-state index contributed by atoms with van der Waals surface area (Å²) in [5.41, 5.74) is 0.695. The van der Waals surface area contributed by atoms with Crippen molar-refractivity contribution in [3.63, 3.8) is 0 Å². The fourth-order valence-corrected chi connectivity index (χ4v) is 2.53. The molecule has 3 rings (SSSR count). The molecule has 2 aromatic rings. The summed E-state index contributed by atoms with van der Waals surface area (Å²) in [5.74, 6) is 1.08. The van der Waals surface area contributed by atoms with Gasteiger partial charge in [0, 0.05) is 29.7 Å². The molecule has 1 amide bonds. The summed E-state index contributed by atoms with van der Waals surface area (Å²) in [6.45, 7) is 2.25. The van der Waals surface area contributed by atoms with Gasteiger partial charge < -0.3 is 14.4 Å². The van der Waals surface area contributed by atoms with Gasteiger partial charge in [0.1, 0.15) is 5.69 Å². The van der Waals surface area contributed by atoms with E-state index in [1.807, 2.05) is 16.8 Å². The minimum absolute atomic E-state index is 0.0705. The lowest BCUT2D eigenvalue weighted by atomic mass is 10.3. The van der Waals surface area contributed by atoms with Gasteiger partial charge in [-0.15, -0.1) is 0 Å². The van der Waals surface area contributed by atoms with Gasteiger partial charge in [-0.05, 0) is 41.8 Å². The average molecular weight is 339 g/mol. The first-order valence-electron chi connectivity index (χ1n) is 6.58. The molecule has 0 atom stereocenters. The summed E-state index contributed by atoms with van der Waals surface area (Å²) in [7, 11) is 0. The van der Waals surface area contributed by atoms with Gasteiger partial charge in [-0.1, -0.05) is 5.16 Å². The zero-order chi connectivity index (χ0) is 14.1. The first-order chi connectivity index (χ1) is 9.63. The van der Waals surface area contributed by atoms with Crippen molar-refractivity contribution in [1.82, 2.24) is 20.0 Å². The maximum Gasteiger partial charge on any atom is 0.267 e. The van der Waals surface area contributed by atoms with Crippen molar-refractivity contribution in [1.29, 1.82) is 0 Å². The molecule has 0 aliphatic heterocycles. The van der Waals surface area contributed by atoms with Crippen LogP contribution in [0, 0.1) is 6.92 Å². The quantitative estimate of drug-likeness (QED) is 0.907. The Hall–Kier alpha value is -1.63. The number of hydrogen-bond donors (Lipinski definition) is 1. The highest BCUT2D eigenvalue weighted by atomic mass is 79.9. The fraction of sp³-hybridized carbons (Fsp3) is 0.462. The highest BCUT2D eigenvalue weighted by Gasteiger charge is 2.27. The third-order valence-corrected chi connectivity index (χ3v) is 3.62. The molecule has 106 valence electrons. The Labute approximate surface area is 124 Å². The van der Waals surface area contributed by atoms with Crippen molar-refractivity contribution in [3.8, 4) is 0 Å². The van der Waals surface area contributed by atoms with Crippen LogP contribution in [0.4, 0.5) is 0 Å². The van der Waals surface area contributed by atoms with Crippen LogP contribution in [0.5, 0.6) is 0 Å². The van der Waals surface area contributed by atoms with Crippen molar-refractivity contribution in [2.75, 3.05) is 6.54 Å². The number of hydrogen-bond acceptors (Lipinski definition) is 4. The van der Waals surface area contributed by atoms with E-state index in [9.17, 15) is 4.79 Å². The molecule has 2 heterocycles. The molecule has 1 N–H and O–H groups in total. The summed E-state index contributed by atoms with van der Waals surface area (Å²) < 4.78 is 7.97. The lowest BCUT2D eigenvalue weighted by Gasteiger charge is -2.07. The van der Waals surface area contributed by atoms with Gasteiger partial charge in [-0.2, -0.15) is 4.98 Å². The van der Waals surface area contributed by atoms with Crippen LogP contribution in [0.15, 0.2) is 21.3 Å². The second-order valence-corrected chi connectivity index (χ2v) is 5.84. The molecule has 2 aromatic heterocycles. The normalized spacial score (nSPS) is 14.5. The van der Waals surface area contributed by atoms with Gasteiger partial charge in [-0.3, -0.25) is 4.79 Å². The molecule has 0 saturated heterocycles. The van der Waals surface area contributed by atoms with E-state index < -0.39 is 0 Å². The number of rotatable bonds is 5. The van der Waals surface area contributed by atoms with Crippen LogP contribution >= 0.6 is 15.9 Å². The van der Waals surface area contributed by atoms with Gasteiger partial charge in [0.2, 0.25) is 5.89 Å². The van der Waals surface area contributed by atoms with Crippen molar-refractivity contribution in [2.24, 2.45) is 0 Å². The zero-order valence-corrected chi connectivity index (χ0v) is 12.7. The van der Waals surface area contributed by atoms with Crippen LogP contribution in [-0.2, 0) is 6.42 Å². The Morgan fingerprint density at radius 3 is 3.05 bits per heavy atom. The lowest BCUT2D eigenvalue weighted by molar-refractivity contribution is 0.0944. The monoisotopic (exact) mass is 338 g/mol. The van der Waals surface area contributed by atoms with Gasteiger partial charge in [0.25, 0.3) is 5.91 Å². The van der Waals surface area contributed by atoms with Gasteiger partial charge in [-0.25, -0.2) is 0 Å². The Morgan fingerprint density at radius 2 is 2.40 bits per heavy atom. The topological polar surface area (TPSA) is 73.0 Å². The highest BCUT2D eigenvalue weighted by molar-refractivity contribution is 9.10. The third-order valence-electron chi connectivity index (χ3n) is 3.18. The van der Waals surface area contributed by atoms with E-state index in [-0.39, 0.29) is 5.91 Å². The van der Waals surface area contributed by atoms with Crippen LogP contribution < -0.4 is 5.32 Å². The number of nitrogens with one attached hydrogen (secondary N) is 1. The van der Waals surface area contributed by atoms with Crippen molar-refractivity contribution < 1.29 is 9.32 Å². The zero-order valence-electron chi connectivity index (χ0n) is 11.1. The van der Waals surface area contributed by atoms with E-state index in [0.717, 1.165) is 17.3 Å². The van der Waals surface area contributed by atoms with Gasteiger partial charge in [0.05, 0.1) is 0 Å². The Balaban J connectivity index is 1.59. The van der Waals surface area contributed by atoms with Crippen LogP contribution in [0.25, 0.3) is 0 Å². The maximum absolute atomic E-state index is 12.2. The number of aromatic nitrogens is 3. The minimum atomic E-state index is -0.0705. The van der Waals surface area contributed by atoms with E-state index in [1.165, 1.54) is 0 Å². The number of nitrogens with zero attached hydrogens (tertiary/aromatic N) is 3. The molecule has 0 unspecified atom stereocenters. The average Bonchev–Trinajstić information content (AvgIpc) is 3.06. The molecular weight excluding hydrogens is 324 g/mol. The summed E-state index contributed by atoms with van der Waals surface area (Å²) >= 11 is 3.42. The van der Waals surface area contributed by atoms with Crippen molar-refractivity contribution >= 4 is 21.8 Å². The number of aryl methyl sites for hydroxylation is 1. The summed E-state index contributed by atoms with van der Waals surface area (Å²) in [6.07, 6.45) is 4.79. The van der Waals surface area contributed by atoms with E-state index in [4.69, 9.17) is 4.52 Å². The molecule has 0 spiro atoms. The Morgan fingerprint density at radius 1 is 1.60 bits per heavy atom. The van der Waals surface area contributed by atoms with E-state index in [2.05, 4.69) is 31.4 Å². The molecule has 1 aliphatic rings. The molecule has 1 saturated carbocycles. The Bertz CT molecular complexity index is 630. The summed E-state index contributed by atoms with van der Waals surface area (Å²) in [6, 6.07) is 2.32. The predicted molar refractivity (Wildman–Crippen MR) is 75.5 cm³/mol. The SMILES string of the molecule is Cc1noc(CCNC(=O)c2cc(Br)cn2C2CC2)n1. The van der Waals surface area contributed by atoms with Crippen LogP contribution in [-0.4, -0.2) is 27.2 Å². The van der Waals surface area contributed by atoms with Crippen LogP contribution in [0.1, 0.15) is 41.1 Å². The molecule has 20 heavy (non-hydrogen) atoms. The summed E-state index contributed by atoms with van der Waals surface area (Å²) in [4.78, 5) is 16.3. The minimum Gasteiger partial charge on any atom is -0.350 e. The predicted octanol–water partition coefficient (Wildman–Crippen LogP) is 2.25. The maximum atomic E-state index is 12.2. The number of halogens is 1. The Kier molecular flexibility index (Phi) is 3.60. The number of carbonyl (C=O) groups excluding carboxylic acids is 1. The van der Waals surface area contributed by atoms with Crippen molar-refractivity contribution in [2.45, 2.75) is 32.2 Å². The standard InChI is InChI=1S/C13H15BrN4O2/c1-8-16-12(20-17-8)4-5-15-13(19)11-6-9(14)7-18(11)10-2-3-10/h6-7,10H,2-5H2,1H3,(H,15,19). The van der Waals surface area contributed by atoms with Gasteiger partial charge >= 0.3 is 0 Å². The first kappa shape index (κ1) is 13.4. The fourth-order valence-electron chi connectivity index (χ4n) is 2.10. The summed E-state index contributed by atoms with van der Waals surface area (Å²) in [5, 5.41) is 6.60. The second kappa shape index (κ2) is 5.40. The lowest BCUT2D eigenvalue weighted by Crippen LogP contribution is -2.27.